The van der Waals surface area contributed by atoms with E-state index in [1.54, 1.807) is 0 Å². The van der Waals surface area contributed by atoms with Crippen molar-refractivity contribution in [1.82, 2.24) is 10.2 Å². The third-order valence-electron chi connectivity index (χ3n) is 4.59. The third-order valence-corrected chi connectivity index (χ3v) is 4.59. The second-order valence-corrected chi connectivity index (χ2v) is 6.34. The summed E-state index contributed by atoms with van der Waals surface area (Å²) in [6, 6.07) is 20.4. The molecule has 3 heteroatoms. The maximum absolute atomic E-state index is 13.0. The third kappa shape index (κ3) is 3.99. The van der Waals surface area contributed by atoms with Crippen LogP contribution in [0.1, 0.15) is 29.9 Å². The molecule has 3 nitrogen and oxygen atoms in total. The van der Waals surface area contributed by atoms with Gasteiger partial charge in [0.15, 0.2) is 0 Å². The lowest BCUT2D eigenvalue weighted by Crippen LogP contribution is -2.45. The molecule has 0 atom stereocenters. The van der Waals surface area contributed by atoms with E-state index in [4.69, 9.17) is 0 Å². The van der Waals surface area contributed by atoms with Crippen LogP contribution < -0.4 is 5.32 Å². The minimum atomic E-state index is -0.239. The molecule has 1 saturated heterocycles. The molecule has 0 bridgehead atoms. The molecule has 1 fully saturated rings. The lowest BCUT2D eigenvalue weighted by atomic mass is 9.90. The van der Waals surface area contributed by atoms with Crippen LogP contribution in [0, 0.1) is 0 Å². The van der Waals surface area contributed by atoms with Crippen molar-refractivity contribution < 1.29 is 4.79 Å². The molecule has 0 spiro atoms. The highest BCUT2D eigenvalue weighted by molar-refractivity contribution is 5.87. The molecular formula is C20H24N2O. The molecule has 0 unspecified atom stereocenters. The van der Waals surface area contributed by atoms with Gasteiger partial charge < -0.3 is 10.2 Å². The number of carbonyl (C=O) groups is 1. The summed E-state index contributed by atoms with van der Waals surface area (Å²) in [4.78, 5) is 15.3. The Labute approximate surface area is 138 Å². The summed E-state index contributed by atoms with van der Waals surface area (Å²) >= 11 is 0. The lowest BCUT2D eigenvalue weighted by Gasteiger charge is -2.30. The smallest absolute Gasteiger partial charge is 0.232 e. The van der Waals surface area contributed by atoms with Crippen LogP contribution in [-0.4, -0.2) is 37.0 Å². The Hall–Kier alpha value is -2.13. The highest BCUT2D eigenvalue weighted by atomic mass is 16.1. The van der Waals surface area contributed by atoms with E-state index in [1.807, 2.05) is 60.7 Å². The van der Waals surface area contributed by atoms with Crippen molar-refractivity contribution in [2.24, 2.45) is 0 Å². The van der Waals surface area contributed by atoms with Gasteiger partial charge in [-0.25, -0.2) is 0 Å². The second kappa shape index (κ2) is 7.42. The fourth-order valence-electron chi connectivity index (χ4n) is 3.22. The van der Waals surface area contributed by atoms with Gasteiger partial charge in [0, 0.05) is 6.04 Å². The zero-order chi connectivity index (χ0) is 16.1. The van der Waals surface area contributed by atoms with Crippen LogP contribution in [0.2, 0.25) is 0 Å². The van der Waals surface area contributed by atoms with Gasteiger partial charge >= 0.3 is 0 Å². The van der Waals surface area contributed by atoms with Crippen molar-refractivity contribution in [3.8, 4) is 0 Å². The summed E-state index contributed by atoms with van der Waals surface area (Å²) in [6.45, 7) is 2.10. The van der Waals surface area contributed by atoms with Crippen LogP contribution in [-0.2, 0) is 4.79 Å². The molecule has 0 saturated carbocycles. The van der Waals surface area contributed by atoms with Gasteiger partial charge in [-0.15, -0.1) is 0 Å². The van der Waals surface area contributed by atoms with Crippen LogP contribution in [0.25, 0.3) is 0 Å². The molecule has 23 heavy (non-hydrogen) atoms. The summed E-state index contributed by atoms with van der Waals surface area (Å²) in [5.41, 5.74) is 2.09. The molecule has 1 amide bonds. The van der Waals surface area contributed by atoms with E-state index in [0.29, 0.717) is 0 Å². The largest absolute Gasteiger partial charge is 0.352 e. The maximum atomic E-state index is 13.0. The number of likely N-dealkylation sites (tertiary alicyclic amines) is 1. The standard InChI is InChI=1S/C20H24N2O/c1-22-14-12-18(13-15-22)21-20(23)19(16-8-4-2-5-9-16)17-10-6-3-7-11-17/h2-11,18-19H,12-15H2,1H3,(H,21,23). The predicted octanol–water partition coefficient (Wildman–Crippen LogP) is 3.03. The fourth-order valence-corrected chi connectivity index (χ4v) is 3.22. The Kier molecular flexibility index (Phi) is 5.09. The number of benzene rings is 2. The monoisotopic (exact) mass is 308 g/mol. The summed E-state index contributed by atoms with van der Waals surface area (Å²) in [5.74, 6) is -0.131. The quantitative estimate of drug-likeness (QED) is 0.941. The highest BCUT2D eigenvalue weighted by Gasteiger charge is 2.26. The second-order valence-electron chi connectivity index (χ2n) is 6.34. The predicted molar refractivity (Wildman–Crippen MR) is 93.4 cm³/mol. The van der Waals surface area contributed by atoms with Crippen LogP contribution >= 0.6 is 0 Å². The molecule has 1 N–H and O–H groups in total. The first-order valence-electron chi connectivity index (χ1n) is 8.33. The summed E-state index contributed by atoms with van der Waals surface area (Å²) in [5, 5.41) is 3.27. The Morgan fingerprint density at radius 3 is 1.91 bits per heavy atom. The van der Waals surface area contributed by atoms with Crippen molar-refractivity contribution in [3.05, 3.63) is 71.8 Å². The minimum absolute atomic E-state index is 0.108. The average Bonchev–Trinajstić information content (AvgIpc) is 2.59. The molecule has 1 heterocycles. The zero-order valence-electron chi connectivity index (χ0n) is 13.6. The number of carbonyl (C=O) groups excluding carboxylic acids is 1. The molecule has 0 radical (unpaired) electrons. The van der Waals surface area contributed by atoms with Crippen molar-refractivity contribution in [2.75, 3.05) is 20.1 Å². The number of nitrogens with zero attached hydrogens (tertiary/aromatic N) is 1. The van der Waals surface area contributed by atoms with Crippen molar-refractivity contribution in [2.45, 2.75) is 24.8 Å². The molecule has 120 valence electrons. The van der Waals surface area contributed by atoms with Gasteiger partial charge in [-0.2, -0.15) is 0 Å². The Balaban J connectivity index is 1.79. The molecule has 2 aromatic rings. The van der Waals surface area contributed by atoms with Crippen LogP contribution in [0.4, 0.5) is 0 Å². The number of hydrogen-bond donors (Lipinski definition) is 1. The van der Waals surface area contributed by atoms with Crippen LogP contribution in [0.5, 0.6) is 0 Å². The first kappa shape index (κ1) is 15.8. The Morgan fingerprint density at radius 1 is 0.957 bits per heavy atom. The Morgan fingerprint density at radius 2 is 1.43 bits per heavy atom. The summed E-state index contributed by atoms with van der Waals surface area (Å²) in [7, 11) is 2.13. The molecule has 1 aliphatic rings. The van der Waals surface area contributed by atoms with E-state index in [2.05, 4.69) is 17.3 Å². The minimum Gasteiger partial charge on any atom is -0.352 e. The number of nitrogens with one attached hydrogen (secondary N) is 1. The van der Waals surface area contributed by atoms with E-state index >= 15 is 0 Å². The highest BCUT2D eigenvalue weighted by Crippen LogP contribution is 2.25. The molecule has 3 rings (SSSR count). The van der Waals surface area contributed by atoms with Crippen molar-refractivity contribution in [1.29, 1.82) is 0 Å². The van der Waals surface area contributed by atoms with Gasteiger partial charge in [-0.1, -0.05) is 60.7 Å². The normalized spacial score (nSPS) is 16.4. The van der Waals surface area contributed by atoms with Crippen LogP contribution in [0.3, 0.4) is 0 Å². The van der Waals surface area contributed by atoms with Gasteiger partial charge in [0.1, 0.15) is 0 Å². The molecule has 0 aromatic heterocycles. The van der Waals surface area contributed by atoms with Crippen LogP contribution in [0.15, 0.2) is 60.7 Å². The lowest BCUT2D eigenvalue weighted by molar-refractivity contribution is -0.122. The van der Waals surface area contributed by atoms with E-state index in [-0.39, 0.29) is 17.9 Å². The zero-order valence-corrected chi connectivity index (χ0v) is 13.6. The topological polar surface area (TPSA) is 32.3 Å². The molecular weight excluding hydrogens is 284 g/mol. The van der Waals surface area contributed by atoms with Gasteiger partial charge in [-0.05, 0) is 44.1 Å². The average molecular weight is 308 g/mol. The van der Waals surface area contributed by atoms with E-state index in [1.165, 1.54) is 0 Å². The molecule has 1 aliphatic heterocycles. The maximum Gasteiger partial charge on any atom is 0.232 e. The van der Waals surface area contributed by atoms with Gasteiger partial charge in [0.2, 0.25) is 5.91 Å². The number of piperidine rings is 1. The summed E-state index contributed by atoms with van der Waals surface area (Å²) < 4.78 is 0. The first-order valence-corrected chi connectivity index (χ1v) is 8.33. The first-order chi connectivity index (χ1) is 11.2. The van der Waals surface area contributed by atoms with E-state index in [0.717, 1.165) is 37.1 Å². The Bertz CT molecular complexity index is 579. The molecule has 2 aromatic carbocycles. The van der Waals surface area contributed by atoms with E-state index < -0.39 is 0 Å². The number of hydrogen-bond acceptors (Lipinski definition) is 2. The van der Waals surface area contributed by atoms with Gasteiger partial charge in [-0.3, -0.25) is 4.79 Å². The van der Waals surface area contributed by atoms with Crippen molar-refractivity contribution >= 4 is 5.91 Å². The summed E-state index contributed by atoms with van der Waals surface area (Å²) in [6.07, 6.45) is 2.05. The fraction of sp³-hybridized carbons (Fsp3) is 0.350. The number of rotatable bonds is 4. The number of amides is 1. The van der Waals surface area contributed by atoms with Gasteiger partial charge in [0.05, 0.1) is 5.92 Å². The molecule has 0 aliphatic carbocycles. The van der Waals surface area contributed by atoms with Gasteiger partial charge in [0.25, 0.3) is 0 Å². The SMILES string of the molecule is CN1CCC(NC(=O)C(c2ccccc2)c2ccccc2)CC1. The van der Waals surface area contributed by atoms with Crippen molar-refractivity contribution in [3.63, 3.8) is 0 Å². The van der Waals surface area contributed by atoms with E-state index in [9.17, 15) is 4.79 Å².